The maximum atomic E-state index is 13.8. The lowest BCUT2D eigenvalue weighted by atomic mass is 10.1. The molecule has 0 aromatic heterocycles. The van der Waals surface area contributed by atoms with Crippen molar-refractivity contribution in [3.8, 4) is 69.7 Å². The highest BCUT2D eigenvalue weighted by Gasteiger charge is 2.24. The third-order valence-corrected chi connectivity index (χ3v) is 12.6. The Morgan fingerprint density at radius 1 is 0.375 bits per heavy atom. The van der Waals surface area contributed by atoms with Gasteiger partial charge in [-0.05, 0) is 173 Å². The van der Waals surface area contributed by atoms with Crippen molar-refractivity contribution >= 4 is 19.7 Å². The predicted molar refractivity (Wildman–Crippen MR) is 243 cm³/mol. The minimum atomic E-state index is -3.99. The molecule has 0 atom stereocenters. The van der Waals surface area contributed by atoms with E-state index < -0.39 is 30.9 Å². The van der Waals surface area contributed by atoms with Gasteiger partial charge in [0, 0.05) is 11.1 Å². The average molecular weight is 891 g/mol. The smallest absolute Gasteiger partial charge is 0.210 e. The molecule has 0 aliphatic rings. The van der Waals surface area contributed by atoms with E-state index in [9.17, 15) is 27.0 Å². The first-order chi connectivity index (χ1) is 30.4. The Labute approximate surface area is 373 Å². The lowest BCUT2D eigenvalue weighted by molar-refractivity contribution is 0.143. The van der Waals surface area contributed by atoms with Crippen LogP contribution in [0.3, 0.4) is 0 Å². The summed E-state index contributed by atoms with van der Waals surface area (Å²) in [6.45, 7) is 6.38. The first-order valence-electron chi connectivity index (χ1n) is 19.8. The molecule has 0 saturated carbocycles. The van der Waals surface area contributed by atoms with Crippen LogP contribution < -0.4 is 18.9 Å². The van der Waals surface area contributed by atoms with Gasteiger partial charge in [-0.3, -0.25) is 0 Å². The van der Waals surface area contributed by atoms with Crippen molar-refractivity contribution in [2.45, 2.75) is 58.5 Å². The highest BCUT2D eigenvalue weighted by Crippen LogP contribution is 2.36. The largest absolute Gasteiger partial charge is 0.457 e. The monoisotopic (exact) mass is 890 g/mol. The molecule has 12 heteroatoms. The number of hydrogen-bond acceptors (Lipinski definition) is 10. The van der Waals surface area contributed by atoms with Gasteiger partial charge in [-0.15, -0.1) is 0 Å². The van der Waals surface area contributed by atoms with Gasteiger partial charge in [-0.2, -0.15) is 0 Å². The van der Waals surface area contributed by atoms with Crippen LogP contribution in [0.5, 0.6) is 46.0 Å². The zero-order valence-corrected chi connectivity index (χ0v) is 36.8. The second-order valence-electron chi connectivity index (χ2n) is 15.4. The van der Waals surface area contributed by atoms with Gasteiger partial charge >= 0.3 is 0 Å². The molecule has 0 unspecified atom stereocenters. The van der Waals surface area contributed by atoms with Gasteiger partial charge in [-0.1, -0.05) is 47.9 Å². The van der Waals surface area contributed by atoms with E-state index >= 15 is 0 Å². The highest BCUT2D eigenvalue weighted by atomic mass is 32.2. The molecule has 0 fully saturated rings. The molecule has 2 N–H and O–H groups in total. The molecule has 7 aromatic rings. The molecule has 322 valence electrons. The Bertz CT molecular complexity index is 2890. The molecule has 0 aliphatic carbocycles. The maximum absolute atomic E-state index is 13.8. The zero-order valence-electron chi connectivity index (χ0n) is 35.1. The molecule has 64 heavy (non-hydrogen) atoms. The molecule has 7 aromatic carbocycles. The minimum Gasteiger partial charge on any atom is -0.457 e. The summed E-state index contributed by atoms with van der Waals surface area (Å²) in [4.78, 5) is 0.0785. The number of ether oxygens (including phenoxy) is 4. The number of rotatable bonds is 12. The Morgan fingerprint density at radius 2 is 0.641 bits per heavy atom. The van der Waals surface area contributed by atoms with Crippen molar-refractivity contribution in [1.29, 1.82) is 0 Å². The third kappa shape index (κ3) is 11.6. The highest BCUT2D eigenvalue weighted by molar-refractivity contribution is 7.92. The third-order valence-electron chi connectivity index (χ3n) is 9.03. The van der Waals surface area contributed by atoms with E-state index in [0.717, 1.165) is 0 Å². The van der Waals surface area contributed by atoms with E-state index in [0.29, 0.717) is 45.6 Å². The molecule has 0 bridgehead atoms. The van der Waals surface area contributed by atoms with Crippen LogP contribution in [0, 0.1) is 23.7 Å². The second kappa shape index (κ2) is 18.6. The first kappa shape index (κ1) is 44.7. The molecule has 0 spiro atoms. The normalized spacial score (nSPS) is 11.6. The number of hydrogen-bond donors (Lipinski definition) is 2. The van der Waals surface area contributed by atoms with E-state index in [1.165, 1.54) is 36.4 Å². The lowest BCUT2D eigenvalue weighted by Crippen LogP contribution is -2.14. The lowest BCUT2D eigenvalue weighted by Gasteiger charge is -2.13. The summed E-state index contributed by atoms with van der Waals surface area (Å²) >= 11 is 0. The average Bonchev–Trinajstić information content (AvgIpc) is 3.27. The van der Waals surface area contributed by atoms with E-state index in [1.54, 1.807) is 161 Å². The van der Waals surface area contributed by atoms with Crippen LogP contribution in [-0.4, -0.2) is 38.3 Å². The molecule has 0 aliphatic heterocycles. The van der Waals surface area contributed by atoms with Crippen LogP contribution >= 0.6 is 0 Å². The van der Waals surface area contributed by atoms with Gasteiger partial charge in [0.2, 0.25) is 19.7 Å². The van der Waals surface area contributed by atoms with Gasteiger partial charge in [-0.25, -0.2) is 16.8 Å². The molecule has 7 rings (SSSR count). The summed E-state index contributed by atoms with van der Waals surface area (Å²) in [5, 5.41) is 19.7. The van der Waals surface area contributed by atoms with Gasteiger partial charge in [0.1, 0.15) is 67.0 Å². The minimum absolute atomic E-state index is 0.00762. The maximum Gasteiger partial charge on any atom is 0.210 e. The Hall–Kier alpha value is -7.32. The van der Waals surface area contributed by atoms with Crippen LogP contribution in [0.1, 0.15) is 38.8 Å². The number of aliphatic hydroxyl groups is 2. The predicted octanol–water partition coefficient (Wildman–Crippen LogP) is 10.8. The Kier molecular flexibility index (Phi) is 13.0. The molecule has 0 amide bonds. The van der Waals surface area contributed by atoms with Crippen LogP contribution in [0.4, 0.5) is 0 Å². The fraction of sp³-hybridized carbons (Fsp3) is 0.115. The summed E-state index contributed by atoms with van der Waals surface area (Å²) in [7, 11) is -7.98. The summed E-state index contributed by atoms with van der Waals surface area (Å²) in [5.41, 5.74) is -0.927. The number of para-hydroxylation sites is 2. The van der Waals surface area contributed by atoms with Gasteiger partial charge in [0.25, 0.3) is 0 Å². The van der Waals surface area contributed by atoms with Crippen molar-refractivity contribution in [2.75, 3.05) is 0 Å². The van der Waals surface area contributed by atoms with Crippen molar-refractivity contribution in [3.63, 3.8) is 0 Å². The van der Waals surface area contributed by atoms with Crippen LogP contribution in [0.25, 0.3) is 0 Å². The quantitative estimate of drug-likeness (QED) is 0.114. The number of sulfone groups is 2. The molecular weight excluding hydrogens is 849 g/mol. The van der Waals surface area contributed by atoms with Crippen molar-refractivity contribution < 1.29 is 46.0 Å². The van der Waals surface area contributed by atoms with E-state index in [1.807, 2.05) is 0 Å². The van der Waals surface area contributed by atoms with Gasteiger partial charge in [0.15, 0.2) is 0 Å². The Morgan fingerprint density at radius 3 is 0.953 bits per heavy atom. The van der Waals surface area contributed by atoms with Gasteiger partial charge in [0.05, 0.1) is 9.79 Å². The fourth-order valence-electron chi connectivity index (χ4n) is 5.91. The van der Waals surface area contributed by atoms with Crippen molar-refractivity contribution in [1.82, 2.24) is 0 Å². The summed E-state index contributed by atoms with van der Waals surface area (Å²) in [6.07, 6.45) is 0. The summed E-state index contributed by atoms with van der Waals surface area (Å²) in [6, 6.07) is 45.2. The van der Waals surface area contributed by atoms with Crippen molar-refractivity contribution in [2.24, 2.45) is 0 Å². The standard InChI is InChI=1S/C52H42O10S2/c1-51(2,53)35-33-37-13-17-43(18-14-37)61-47-9-5-7-11-49(47)63(55,56)45-29-25-41(26-30-45)59-39-21-23-40(24-22-39)60-42-27-31-46(32-28-42)64(57,58)50-12-8-6-10-48(50)62-44-19-15-38(16-20-44)34-36-52(3,4)54/h5-32,53-54H,1-4H3. The molecule has 0 saturated heterocycles. The Balaban J connectivity index is 0.966. The van der Waals surface area contributed by atoms with E-state index in [4.69, 9.17) is 18.9 Å². The van der Waals surface area contributed by atoms with Crippen LogP contribution in [-0.2, 0) is 19.7 Å². The molecular formula is C52H42O10S2. The summed E-state index contributed by atoms with van der Waals surface area (Å²) < 4.78 is 79.0. The number of benzene rings is 7. The zero-order chi connectivity index (χ0) is 45.5. The van der Waals surface area contributed by atoms with Crippen LogP contribution in [0.2, 0.25) is 0 Å². The topological polar surface area (TPSA) is 146 Å². The SMILES string of the molecule is CC(C)(O)C#Cc1ccc(Oc2ccccc2S(=O)(=O)c2ccc(Oc3ccc(Oc4ccc(S(=O)(=O)c5ccccc5Oc5ccc(C#CC(C)(C)O)cc5)cc4)cc3)cc2)cc1. The van der Waals surface area contributed by atoms with E-state index in [2.05, 4.69) is 23.7 Å². The fourth-order valence-corrected chi connectivity index (χ4v) is 8.67. The molecule has 0 heterocycles. The molecule has 0 radical (unpaired) electrons. The second-order valence-corrected chi connectivity index (χ2v) is 19.2. The molecule has 10 nitrogen and oxygen atoms in total. The van der Waals surface area contributed by atoms with E-state index in [-0.39, 0.29) is 31.1 Å². The van der Waals surface area contributed by atoms with Crippen LogP contribution in [0.15, 0.2) is 189 Å². The first-order valence-corrected chi connectivity index (χ1v) is 22.8. The summed E-state index contributed by atoms with van der Waals surface area (Å²) in [5.74, 6) is 14.2. The van der Waals surface area contributed by atoms with Gasteiger partial charge < -0.3 is 29.2 Å². The van der Waals surface area contributed by atoms with Crippen molar-refractivity contribution in [3.05, 3.63) is 181 Å².